The van der Waals surface area contributed by atoms with Crippen molar-refractivity contribution in [3.8, 4) is 0 Å². The van der Waals surface area contributed by atoms with Crippen molar-refractivity contribution in [2.75, 3.05) is 10.2 Å². The number of fused-ring (bicyclic) bond motifs is 1. The highest BCUT2D eigenvalue weighted by Crippen LogP contribution is 2.34. The molecular formula is C24H31N3O4S. The van der Waals surface area contributed by atoms with Gasteiger partial charge in [-0.05, 0) is 67.1 Å². The lowest BCUT2D eigenvalue weighted by molar-refractivity contribution is -0.118. The maximum atomic E-state index is 13.1. The van der Waals surface area contributed by atoms with E-state index in [1.807, 2.05) is 31.2 Å². The SMILES string of the molecule is CCc1ccc(NC(=O)[C@H](NS(=O)(=O)c2ccc3c(c2)C[C@@H](C)N3C(C)=O)C(C)C)cc1. The fraction of sp³-hybridized carbons (Fsp3) is 0.417. The molecule has 1 heterocycles. The summed E-state index contributed by atoms with van der Waals surface area (Å²) in [5.74, 6) is -0.749. The predicted octanol–water partition coefficient (Wildman–Crippen LogP) is 3.49. The highest BCUT2D eigenvalue weighted by molar-refractivity contribution is 7.89. The van der Waals surface area contributed by atoms with Crippen molar-refractivity contribution in [1.82, 2.24) is 4.72 Å². The zero-order valence-corrected chi connectivity index (χ0v) is 20.0. The highest BCUT2D eigenvalue weighted by Gasteiger charge is 2.32. The summed E-state index contributed by atoms with van der Waals surface area (Å²) in [7, 11) is -3.94. The second-order valence-electron chi connectivity index (χ2n) is 8.62. The van der Waals surface area contributed by atoms with Crippen LogP contribution in [0.4, 0.5) is 11.4 Å². The van der Waals surface area contributed by atoms with Gasteiger partial charge in [-0.25, -0.2) is 8.42 Å². The molecule has 1 aliphatic rings. The molecule has 2 aromatic carbocycles. The third kappa shape index (κ3) is 5.02. The molecule has 32 heavy (non-hydrogen) atoms. The smallest absolute Gasteiger partial charge is 0.242 e. The van der Waals surface area contributed by atoms with Gasteiger partial charge in [0.15, 0.2) is 0 Å². The van der Waals surface area contributed by atoms with Crippen LogP contribution in [-0.2, 0) is 32.5 Å². The van der Waals surface area contributed by atoms with Crippen LogP contribution in [0.5, 0.6) is 0 Å². The fourth-order valence-corrected chi connectivity index (χ4v) is 5.42. The van der Waals surface area contributed by atoms with Crippen LogP contribution in [0.1, 0.15) is 45.7 Å². The van der Waals surface area contributed by atoms with Crippen LogP contribution in [0, 0.1) is 5.92 Å². The number of benzene rings is 2. The summed E-state index contributed by atoms with van der Waals surface area (Å²) in [6.07, 6.45) is 1.48. The second kappa shape index (κ2) is 9.42. The molecule has 2 amide bonds. The molecule has 0 radical (unpaired) electrons. The maximum Gasteiger partial charge on any atom is 0.242 e. The van der Waals surface area contributed by atoms with E-state index in [2.05, 4.69) is 17.0 Å². The molecule has 0 saturated carbocycles. The van der Waals surface area contributed by atoms with E-state index >= 15 is 0 Å². The van der Waals surface area contributed by atoms with Gasteiger partial charge in [0.1, 0.15) is 6.04 Å². The van der Waals surface area contributed by atoms with Crippen LogP contribution in [0.3, 0.4) is 0 Å². The summed E-state index contributed by atoms with van der Waals surface area (Å²) in [5, 5.41) is 2.80. The quantitative estimate of drug-likeness (QED) is 0.665. The summed E-state index contributed by atoms with van der Waals surface area (Å²) in [6.45, 7) is 9.07. The average Bonchev–Trinajstić information content (AvgIpc) is 3.07. The van der Waals surface area contributed by atoms with Gasteiger partial charge in [-0.3, -0.25) is 9.59 Å². The molecule has 172 valence electrons. The number of carbonyl (C=O) groups excluding carboxylic acids is 2. The molecule has 0 saturated heterocycles. The molecule has 3 rings (SSSR count). The Morgan fingerprint density at radius 2 is 1.78 bits per heavy atom. The molecule has 2 aromatic rings. The van der Waals surface area contributed by atoms with E-state index in [1.54, 1.807) is 30.9 Å². The van der Waals surface area contributed by atoms with Gasteiger partial charge in [0.25, 0.3) is 0 Å². The molecule has 0 bridgehead atoms. The number of carbonyl (C=O) groups is 2. The molecule has 0 aliphatic carbocycles. The molecular weight excluding hydrogens is 426 g/mol. The number of nitrogens with zero attached hydrogens (tertiary/aromatic N) is 1. The molecule has 7 nitrogen and oxygen atoms in total. The van der Waals surface area contributed by atoms with Gasteiger partial charge in [0.2, 0.25) is 21.8 Å². The molecule has 2 N–H and O–H groups in total. The highest BCUT2D eigenvalue weighted by atomic mass is 32.2. The van der Waals surface area contributed by atoms with Crippen LogP contribution >= 0.6 is 0 Å². The first-order valence-electron chi connectivity index (χ1n) is 10.9. The van der Waals surface area contributed by atoms with E-state index < -0.39 is 22.0 Å². The number of hydrogen-bond donors (Lipinski definition) is 2. The van der Waals surface area contributed by atoms with E-state index in [4.69, 9.17) is 0 Å². The van der Waals surface area contributed by atoms with E-state index in [9.17, 15) is 18.0 Å². The summed E-state index contributed by atoms with van der Waals surface area (Å²) >= 11 is 0. The summed E-state index contributed by atoms with van der Waals surface area (Å²) in [5.41, 5.74) is 3.31. The standard InChI is InChI=1S/C24H31N3O4S/c1-6-18-7-9-20(10-8-18)25-24(29)23(15(2)3)26-32(30,31)21-11-12-22-19(14-21)13-16(4)27(22)17(5)28/h7-12,14-16,23,26H,6,13H2,1-5H3,(H,25,29)/t16-,23-/m1/s1. The van der Waals surface area contributed by atoms with Crippen molar-refractivity contribution in [2.24, 2.45) is 5.92 Å². The van der Waals surface area contributed by atoms with Crippen LogP contribution < -0.4 is 14.9 Å². The third-order valence-corrected chi connectivity index (χ3v) is 7.22. The number of hydrogen-bond acceptors (Lipinski definition) is 4. The minimum Gasteiger partial charge on any atom is -0.325 e. The van der Waals surface area contributed by atoms with E-state index in [0.717, 1.165) is 23.2 Å². The van der Waals surface area contributed by atoms with Crippen molar-refractivity contribution in [3.05, 3.63) is 53.6 Å². The number of aryl methyl sites for hydroxylation is 1. The first-order valence-corrected chi connectivity index (χ1v) is 12.4. The van der Waals surface area contributed by atoms with Crippen molar-refractivity contribution in [1.29, 1.82) is 0 Å². The van der Waals surface area contributed by atoms with Crippen molar-refractivity contribution in [3.63, 3.8) is 0 Å². The van der Waals surface area contributed by atoms with Gasteiger partial charge in [-0.2, -0.15) is 4.72 Å². The Morgan fingerprint density at radius 3 is 2.34 bits per heavy atom. The van der Waals surface area contributed by atoms with Crippen LogP contribution in [-0.4, -0.2) is 32.3 Å². The lowest BCUT2D eigenvalue weighted by atomic mass is 10.0. The third-order valence-electron chi connectivity index (χ3n) is 5.78. The Bertz CT molecular complexity index is 1110. The van der Waals surface area contributed by atoms with Crippen LogP contribution in [0.15, 0.2) is 47.4 Å². The zero-order chi connectivity index (χ0) is 23.6. The number of nitrogens with one attached hydrogen (secondary N) is 2. The molecule has 0 unspecified atom stereocenters. The van der Waals surface area contributed by atoms with Gasteiger partial charge in [0.05, 0.1) is 4.90 Å². The first-order chi connectivity index (χ1) is 15.0. The van der Waals surface area contributed by atoms with Gasteiger partial charge in [-0.1, -0.05) is 32.9 Å². The molecule has 0 fully saturated rings. The molecule has 0 spiro atoms. The molecule has 8 heteroatoms. The lowest BCUT2D eigenvalue weighted by Crippen LogP contribution is -2.47. The van der Waals surface area contributed by atoms with E-state index in [1.165, 1.54) is 13.0 Å². The van der Waals surface area contributed by atoms with Gasteiger partial charge < -0.3 is 10.2 Å². The average molecular weight is 458 g/mol. The molecule has 0 aromatic heterocycles. The Hall–Kier alpha value is -2.71. The van der Waals surface area contributed by atoms with Crippen LogP contribution in [0.2, 0.25) is 0 Å². The Labute approximate surface area is 190 Å². The topological polar surface area (TPSA) is 95.6 Å². The van der Waals surface area contributed by atoms with E-state index in [-0.39, 0.29) is 22.8 Å². The fourth-order valence-electron chi connectivity index (χ4n) is 4.03. The Morgan fingerprint density at radius 1 is 1.12 bits per heavy atom. The van der Waals surface area contributed by atoms with E-state index in [0.29, 0.717) is 12.1 Å². The van der Waals surface area contributed by atoms with Crippen molar-refractivity contribution < 1.29 is 18.0 Å². The Balaban J connectivity index is 1.80. The largest absolute Gasteiger partial charge is 0.325 e. The Kier molecular flexibility index (Phi) is 7.05. The van der Waals surface area contributed by atoms with Crippen LogP contribution in [0.25, 0.3) is 0 Å². The normalized spacial score (nSPS) is 16.7. The summed E-state index contributed by atoms with van der Waals surface area (Å²) in [6, 6.07) is 11.3. The van der Waals surface area contributed by atoms with Crippen molar-refractivity contribution in [2.45, 2.75) is 64.4 Å². The number of rotatable bonds is 7. The van der Waals surface area contributed by atoms with Gasteiger partial charge in [-0.15, -0.1) is 0 Å². The zero-order valence-electron chi connectivity index (χ0n) is 19.2. The van der Waals surface area contributed by atoms with Crippen molar-refractivity contribution >= 4 is 33.2 Å². The number of anilines is 2. The molecule has 1 aliphatic heterocycles. The number of amides is 2. The monoisotopic (exact) mass is 457 g/mol. The summed E-state index contributed by atoms with van der Waals surface area (Å²) in [4.78, 5) is 26.6. The minimum atomic E-state index is -3.94. The molecule has 2 atom stereocenters. The second-order valence-corrected chi connectivity index (χ2v) is 10.3. The van der Waals surface area contributed by atoms with Gasteiger partial charge >= 0.3 is 0 Å². The maximum absolute atomic E-state index is 13.1. The number of sulfonamides is 1. The van der Waals surface area contributed by atoms with Gasteiger partial charge in [0, 0.05) is 24.3 Å². The lowest BCUT2D eigenvalue weighted by Gasteiger charge is -2.22. The minimum absolute atomic E-state index is 0.0262. The summed E-state index contributed by atoms with van der Waals surface area (Å²) < 4.78 is 28.8. The predicted molar refractivity (Wildman–Crippen MR) is 126 cm³/mol. The first kappa shape index (κ1) is 23.9.